The lowest BCUT2D eigenvalue weighted by atomic mass is 10.1. The summed E-state index contributed by atoms with van der Waals surface area (Å²) in [6.07, 6.45) is 0. The monoisotopic (exact) mass is 279 g/mol. The number of hydrogen-bond acceptors (Lipinski definition) is 3. The number of phenols is 1. The molecular formula is C11H12F3NO2S. The van der Waals surface area contributed by atoms with Crippen molar-refractivity contribution >= 4 is 17.7 Å². The van der Waals surface area contributed by atoms with Crippen molar-refractivity contribution in [2.45, 2.75) is 12.4 Å². The molecule has 1 rings (SSSR count). The zero-order chi connectivity index (χ0) is 13.8. The van der Waals surface area contributed by atoms with E-state index in [1.807, 2.05) is 0 Å². The predicted molar refractivity (Wildman–Crippen MR) is 63.7 cm³/mol. The number of rotatable bonds is 4. The molecule has 1 amide bonds. The van der Waals surface area contributed by atoms with Crippen LogP contribution in [0.2, 0.25) is 0 Å². The molecule has 0 spiro atoms. The molecule has 18 heavy (non-hydrogen) atoms. The second kappa shape index (κ2) is 5.99. The molecule has 0 aromatic heterocycles. The summed E-state index contributed by atoms with van der Waals surface area (Å²) in [6, 6.07) is 4.34. The summed E-state index contributed by atoms with van der Waals surface area (Å²) in [5.41, 5.74) is -3.44. The third-order valence-electron chi connectivity index (χ3n) is 2.12. The Hall–Kier alpha value is -1.37. The quantitative estimate of drug-likeness (QED) is 0.833. The van der Waals surface area contributed by atoms with Gasteiger partial charge in [0.2, 0.25) is 0 Å². The minimum absolute atomic E-state index is 0.0210. The van der Waals surface area contributed by atoms with Crippen LogP contribution < -0.4 is 5.32 Å². The van der Waals surface area contributed by atoms with Crippen molar-refractivity contribution in [3.05, 3.63) is 29.3 Å². The van der Waals surface area contributed by atoms with E-state index in [0.29, 0.717) is 5.56 Å². The maximum absolute atomic E-state index is 11.8. The van der Waals surface area contributed by atoms with Crippen molar-refractivity contribution in [1.82, 2.24) is 5.32 Å². The van der Waals surface area contributed by atoms with Crippen LogP contribution in [0.1, 0.15) is 15.9 Å². The van der Waals surface area contributed by atoms with Gasteiger partial charge in [0.15, 0.2) is 0 Å². The van der Waals surface area contributed by atoms with Crippen LogP contribution in [-0.2, 0) is 0 Å². The number of carbonyl (C=O) groups is 1. The zero-order valence-corrected chi connectivity index (χ0v) is 10.4. The van der Waals surface area contributed by atoms with Crippen LogP contribution in [0.5, 0.6) is 5.75 Å². The average molecular weight is 279 g/mol. The van der Waals surface area contributed by atoms with Gasteiger partial charge >= 0.3 is 5.51 Å². The maximum Gasteiger partial charge on any atom is 0.441 e. The molecule has 0 atom stereocenters. The van der Waals surface area contributed by atoms with Gasteiger partial charge in [-0.05, 0) is 36.4 Å². The van der Waals surface area contributed by atoms with Gasteiger partial charge in [-0.25, -0.2) is 0 Å². The van der Waals surface area contributed by atoms with E-state index >= 15 is 0 Å². The van der Waals surface area contributed by atoms with Gasteiger partial charge in [0, 0.05) is 17.9 Å². The number of hydrogen-bond donors (Lipinski definition) is 2. The number of thioether (sulfide) groups is 1. The number of amides is 1. The highest BCUT2D eigenvalue weighted by Crippen LogP contribution is 2.29. The molecule has 0 radical (unpaired) electrons. The van der Waals surface area contributed by atoms with E-state index in [1.54, 1.807) is 13.0 Å². The Bertz CT molecular complexity index is 435. The number of halogens is 3. The summed E-state index contributed by atoms with van der Waals surface area (Å²) in [7, 11) is 0. The third-order valence-corrected chi connectivity index (χ3v) is 2.86. The Morgan fingerprint density at radius 3 is 2.67 bits per heavy atom. The van der Waals surface area contributed by atoms with E-state index in [-0.39, 0.29) is 35.4 Å². The van der Waals surface area contributed by atoms with E-state index in [9.17, 15) is 23.1 Å². The largest absolute Gasteiger partial charge is 0.508 e. The smallest absolute Gasteiger partial charge is 0.441 e. The molecule has 0 unspecified atom stereocenters. The molecule has 0 aliphatic heterocycles. The highest BCUT2D eigenvalue weighted by atomic mass is 32.2. The first-order valence-corrected chi connectivity index (χ1v) is 6.06. The van der Waals surface area contributed by atoms with Gasteiger partial charge in [-0.15, -0.1) is 0 Å². The lowest BCUT2D eigenvalue weighted by Gasteiger charge is -2.08. The number of phenolic OH excluding ortho intramolecular Hbond substituents is 1. The van der Waals surface area contributed by atoms with Gasteiger partial charge in [-0.1, -0.05) is 6.07 Å². The fourth-order valence-electron chi connectivity index (χ4n) is 1.18. The summed E-state index contributed by atoms with van der Waals surface area (Å²) in [4.78, 5) is 11.5. The van der Waals surface area contributed by atoms with Crippen molar-refractivity contribution in [1.29, 1.82) is 0 Å². The van der Waals surface area contributed by atoms with E-state index in [1.165, 1.54) is 12.1 Å². The van der Waals surface area contributed by atoms with Crippen molar-refractivity contribution in [2.75, 3.05) is 12.3 Å². The molecule has 0 saturated heterocycles. The van der Waals surface area contributed by atoms with Gasteiger partial charge < -0.3 is 10.4 Å². The molecule has 1 aromatic carbocycles. The van der Waals surface area contributed by atoms with Crippen LogP contribution in [-0.4, -0.2) is 28.8 Å². The molecule has 0 saturated carbocycles. The molecule has 0 fully saturated rings. The minimum atomic E-state index is -4.28. The average Bonchev–Trinajstić information content (AvgIpc) is 2.26. The Labute approximate surface area is 106 Å². The molecule has 0 heterocycles. The summed E-state index contributed by atoms with van der Waals surface area (Å²) in [5.74, 6) is -0.770. The first kappa shape index (κ1) is 14.7. The van der Waals surface area contributed by atoms with Crippen molar-refractivity contribution in [3.8, 4) is 5.75 Å². The molecule has 3 nitrogen and oxygen atoms in total. The second-order valence-electron chi connectivity index (χ2n) is 3.55. The Balaban J connectivity index is 2.43. The number of aromatic hydroxyl groups is 1. The zero-order valence-electron chi connectivity index (χ0n) is 9.54. The summed E-state index contributed by atoms with van der Waals surface area (Å²) in [6.45, 7) is 1.59. The van der Waals surface area contributed by atoms with Crippen LogP contribution in [0.4, 0.5) is 13.2 Å². The first-order chi connectivity index (χ1) is 8.29. The Kier molecular flexibility index (Phi) is 4.89. The van der Waals surface area contributed by atoms with Crippen LogP contribution in [0.3, 0.4) is 0 Å². The van der Waals surface area contributed by atoms with Gasteiger partial charge in [-0.2, -0.15) is 13.2 Å². The Morgan fingerprint density at radius 2 is 2.11 bits per heavy atom. The number of carbonyl (C=O) groups excluding carboxylic acids is 1. The lowest BCUT2D eigenvalue weighted by molar-refractivity contribution is -0.0327. The molecule has 100 valence electrons. The van der Waals surface area contributed by atoms with Crippen LogP contribution in [0.15, 0.2) is 18.2 Å². The number of aryl methyl sites for hydroxylation is 1. The molecular weight excluding hydrogens is 267 g/mol. The maximum atomic E-state index is 11.8. The van der Waals surface area contributed by atoms with E-state index in [2.05, 4.69) is 5.32 Å². The normalized spacial score (nSPS) is 11.3. The van der Waals surface area contributed by atoms with Gasteiger partial charge in [-0.3, -0.25) is 4.79 Å². The minimum Gasteiger partial charge on any atom is -0.508 e. The molecule has 0 aliphatic carbocycles. The number of benzene rings is 1. The van der Waals surface area contributed by atoms with E-state index in [0.717, 1.165) is 0 Å². The lowest BCUT2D eigenvalue weighted by Crippen LogP contribution is -2.26. The highest BCUT2D eigenvalue weighted by molar-refractivity contribution is 8.00. The SMILES string of the molecule is Cc1ccc(C(=O)NCCSC(F)(F)F)cc1O. The third kappa shape index (κ3) is 4.87. The van der Waals surface area contributed by atoms with E-state index in [4.69, 9.17) is 0 Å². The number of alkyl halides is 3. The van der Waals surface area contributed by atoms with Crippen molar-refractivity contribution < 1.29 is 23.1 Å². The van der Waals surface area contributed by atoms with Gasteiger partial charge in [0.25, 0.3) is 5.91 Å². The Morgan fingerprint density at radius 1 is 1.44 bits per heavy atom. The summed E-state index contributed by atoms with van der Waals surface area (Å²) in [5, 5.41) is 11.7. The molecule has 0 bridgehead atoms. The molecule has 2 N–H and O–H groups in total. The molecule has 0 aliphatic rings. The fraction of sp³-hybridized carbons (Fsp3) is 0.364. The van der Waals surface area contributed by atoms with Crippen LogP contribution in [0, 0.1) is 6.92 Å². The summed E-state index contributed by atoms with van der Waals surface area (Å²) >= 11 is -0.188. The van der Waals surface area contributed by atoms with Gasteiger partial charge in [0.05, 0.1) is 0 Å². The molecule has 7 heteroatoms. The van der Waals surface area contributed by atoms with Crippen LogP contribution >= 0.6 is 11.8 Å². The fourth-order valence-corrected chi connectivity index (χ4v) is 1.62. The highest BCUT2D eigenvalue weighted by Gasteiger charge is 2.27. The van der Waals surface area contributed by atoms with E-state index < -0.39 is 11.4 Å². The summed E-state index contributed by atoms with van der Waals surface area (Å²) < 4.78 is 35.5. The van der Waals surface area contributed by atoms with Crippen molar-refractivity contribution in [3.63, 3.8) is 0 Å². The predicted octanol–water partition coefficient (Wildman–Crippen LogP) is 2.68. The van der Waals surface area contributed by atoms with Crippen molar-refractivity contribution in [2.24, 2.45) is 0 Å². The second-order valence-corrected chi connectivity index (χ2v) is 4.71. The standard InChI is InChI=1S/C11H12F3NO2S/c1-7-2-3-8(6-9(7)16)10(17)15-4-5-18-11(12,13)14/h2-3,6,16H,4-5H2,1H3,(H,15,17). The number of nitrogens with one attached hydrogen (secondary N) is 1. The topological polar surface area (TPSA) is 49.3 Å². The van der Waals surface area contributed by atoms with Gasteiger partial charge in [0.1, 0.15) is 5.75 Å². The first-order valence-electron chi connectivity index (χ1n) is 5.08. The van der Waals surface area contributed by atoms with Crippen LogP contribution in [0.25, 0.3) is 0 Å². The molecule has 1 aromatic rings.